The van der Waals surface area contributed by atoms with Crippen molar-refractivity contribution in [2.45, 2.75) is 71.1 Å². The van der Waals surface area contributed by atoms with Gasteiger partial charge in [0.1, 0.15) is 17.4 Å². The number of aryl methyl sites for hydroxylation is 1. The van der Waals surface area contributed by atoms with Gasteiger partial charge in [-0.1, -0.05) is 6.92 Å². The van der Waals surface area contributed by atoms with E-state index in [9.17, 15) is 14.0 Å². The molecule has 0 spiro atoms. The van der Waals surface area contributed by atoms with Crippen LogP contribution in [0.15, 0.2) is 12.4 Å². The summed E-state index contributed by atoms with van der Waals surface area (Å²) in [5.41, 5.74) is 0.913. The molecule has 0 saturated heterocycles. The van der Waals surface area contributed by atoms with Gasteiger partial charge in [-0.2, -0.15) is 0 Å². The van der Waals surface area contributed by atoms with Gasteiger partial charge in [0.25, 0.3) is 0 Å². The molecule has 0 unspecified atom stereocenters. The molecule has 0 aliphatic heterocycles. The Kier molecular flexibility index (Phi) is 8.16. The van der Waals surface area contributed by atoms with Crippen molar-refractivity contribution in [3.63, 3.8) is 0 Å². The Morgan fingerprint density at radius 1 is 1.16 bits per heavy atom. The normalized spacial score (nSPS) is 20.4. The van der Waals surface area contributed by atoms with Gasteiger partial charge in [-0.3, -0.25) is 14.0 Å². The second-order valence-corrected chi connectivity index (χ2v) is 7.09. The number of nitrogens with zero attached hydrogens (tertiary/aromatic N) is 2. The van der Waals surface area contributed by atoms with Crippen LogP contribution in [0.3, 0.4) is 0 Å². The summed E-state index contributed by atoms with van der Waals surface area (Å²) in [6.07, 6.45) is 11.0. The molecule has 1 aliphatic carbocycles. The number of halogens is 1. The standard InChI is InChI=1S/C20H29FN2O2/c1-2-18(24)10-7-15-5-8-17(9-6-15)19(25)12-20-22-13-16(14-23-20)4-3-11-21/h13-15,17H,2-12H2,1H3/t15-,17-. The highest BCUT2D eigenvalue weighted by Crippen LogP contribution is 2.32. The molecule has 0 aromatic carbocycles. The lowest BCUT2D eigenvalue weighted by atomic mass is 9.77. The first-order chi connectivity index (χ1) is 12.1. The van der Waals surface area contributed by atoms with E-state index in [1.165, 1.54) is 0 Å². The topological polar surface area (TPSA) is 59.9 Å². The molecule has 0 radical (unpaired) electrons. The minimum absolute atomic E-state index is 0.105. The maximum absolute atomic E-state index is 12.5. The predicted molar refractivity (Wildman–Crippen MR) is 95.0 cm³/mol. The predicted octanol–water partition coefficient (Wildman–Crippen LogP) is 4.06. The largest absolute Gasteiger partial charge is 0.300 e. The van der Waals surface area contributed by atoms with Crippen molar-refractivity contribution in [2.75, 3.05) is 6.67 Å². The monoisotopic (exact) mass is 348 g/mol. The van der Waals surface area contributed by atoms with Crippen molar-refractivity contribution in [1.82, 2.24) is 9.97 Å². The highest BCUT2D eigenvalue weighted by molar-refractivity contribution is 5.82. The third-order valence-corrected chi connectivity index (χ3v) is 5.22. The third kappa shape index (κ3) is 6.63. The van der Waals surface area contributed by atoms with Crippen LogP contribution in [-0.2, 0) is 22.4 Å². The van der Waals surface area contributed by atoms with Gasteiger partial charge < -0.3 is 0 Å². The fraction of sp³-hybridized carbons (Fsp3) is 0.700. The molecule has 4 nitrogen and oxygen atoms in total. The van der Waals surface area contributed by atoms with Crippen molar-refractivity contribution in [3.05, 3.63) is 23.8 Å². The van der Waals surface area contributed by atoms with Crippen LogP contribution < -0.4 is 0 Å². The van der Waals surface area contributed by atoms with Crippen LogP contribution in [0.5, 0.6) is 0 Å². The highest BCUT2D eigenvalue weighted by Gasteiger charge is 2.26. The molecule has 1 aromatic heterocycles. The van der Waals surface area contributed by atoms with E-state index in [2.05, 4.69) is 9.97 Å². The maximum Gasteiger partial charge on any atom is 0.143 e. The number of ketones is 2. The van der Waals surface area contributed by atoms with Gasteiger partial charge in [0.2, 0.25) is 0 Å². The van der Waals surface area contributed by atoms with Crippen LogP contribution in [0.2, 0.25) is 0 Å². The van der Waals surface area contributed by atoms with Crippen LogP contribution in [0.25, 0.3) is 0 Å². The number of Topliss-reactive ketones (excluding diaryl/α,β-unsaturated/α-hetero) is 2. The second-order valence-electron chi connectivity index (χ2n) is 7.09. The van der Waals surface area contributed by atoms with Gasteiger partial charge in [0.05, 0.1) is 13.1 Å². The van der Waals surface area contributed by atoms with Crippen molar-refractivity contribution in [3.8, 4) is 0 Å². The molecule has 0 N–H and O–H groups in total. The summed E-state index contributed by atoms with van der Waals surface area (Å²) in [7, 11) is 0. The van der Waals surface area contributed by atoms with Gasteiger partial charge in [-0.15, -0.1) is 0 Å². The summed E-state index contributed by atoms with van der Waals surface area (Å²) in [6, 6.07) is 0. The minimum atomic E-state index is -0.338. The van der Waals surface area contributed by atoms with Gasteiger partial charge in [0, 0.05) is 31.2 Å². The molecule has 1 saturated carbocycles. The number of carbonyl (C=O) groups is 2. The van der Waals surface area contributed by atoms with Gasteiger partial charge >= 0.3 is 0 Å². The average molecular weight is 348 g/mol. The Labute approximate surface area is 149 Å². The highest BCUT2D eigenvalue weighted by atomic mass is 19.1. The second kappa shape index (κ2) is 10.4. The van der Waals surface area contributed by atoms with E-state index >= 15 is 0 Å². The van der Waals surface area contributed by atoms with E-state index in [1.54, 1.807) is 12.4 Å². The maximum atomic E-state index is 12.5. The van der Waals surface area contributed by atoms with Crippen LogP contribution in [-0.4, -0.2) is 28.2 Å². The molecular formula is C20H29FN2O2. The molecule has 1 aromatic rings. The van der Waals surface area contributed by atoms with E-state index < -0.39 is 0 Å². The lowest BCUT2D eigenvalue weighted by molar-refractivity contribution is -0.124. The third-order valence-electron chi connectivity index (χ3n) is 5.22. The Balaban J connectivity index is 1.74. The van der Waals surface area contributed by atoms with E-state index in [4.69, 9.17) is 0 Å². The van der Waals surface area contributed by atoms with Gasteiger partial charge in [-0.05, 0) is 56.4 Å². The Hall–Kier alpha value is -1.65. The first-order valence-electron chi connectivity index (χ1n) is 9.52. The molecule has 25 heavy (non-hydrogen) atoms. The Morgan fingerprint density at radius 3 is 2.44 bits per heavy atom. The van der Waals surface area contributed by atoms with Crippen molar-refractivity contribution < 1.29 is 14.0 Å². The van der Waals surface area contributed by atoms with Gasteiger partial charge in [-0.25, -0.2) is 9.97 Å². The molecule has 0 bridgehead atoms. The molecule has 5 heteroatoms. The summed E-state index contributed by atoms with van der Waals surface area (Å²) in [6.45, 7) is 1.57. The SMILES string of the molecule is CCC(=O)CC[C@H]1CC[C@H](C(=O)Cc2ncc(CCCF)cn2)CC1. The van der Waals surface area contributed by atoms with Crippen molar-refractivity contribution >= 4 is 11.6 Å². The van der Waals surface area contributed by atoms with E-state index in [1.807, 2.05) is 6.92 Å². The zero-order chi connectivity index (χ0) is 18.1. The fourth-order valence-corrected chi connectivity index (χ4v) is 3.49. The first-order valence-corrected chi connectivity index (χ1v) is 9.52. The lowest BCUT2D eigenvalue weighted by Crippen LogP contribution is -2.24. The quantitative estimate of drug-likeness (QED) is 0.640. The number of rotatable bonds is 10. The molecule has 0 atom stereocenters. The summed E-state index contributed by atoms with van der Waals surface area (Å²) in [5.74, 6) is 1.81. The van der Waals surface area contributed by atoms with Crippen LogP contribution in [0.1, 0.15) is 69.7 Å². The Bertz CT molecular complexity index is 551. The summed E-state index contributed by atoms with van der Waals surface area (Å²) < 4.78 is 12.2. The first kappa shape index (κ1) is 19.7. The lowest BCUT2D eigenvalue weighted by Gasteiger charge is -2.27. The average Bonchev–Trinajstić information content (AvgIpc) is 2.65. The summed E-state index contributed by atoms with van der Waals surface area (Å²) in [5, 5.41) is 0. The number of hydrogen-bond donors (Lipinski definition) is 0. The smallest absolute Gasteiger partial charge is 0.143 e. The molecule has 138 valence electrons. The number of aromatic nitrogens is 2. The molecule has 1 heterocycles. The van der Waals surface area contributed by atoms with Crippen molar-refractivity contribution in [1.29, 1.82) is 0 Å². The Morgan fingerprint density at radius 2 is 1.84 bits per heavy atom. The number of carbonyl (C=O) groups excluding carboxylic acids is 2. The van der Waals surface area contributed by atoms with E-state index in [0.717, 1.165) is 37.7 Å². The molecule has 2 rings (SSSR count). The number of hydrogen-bond acceptors (Lipinski definition) is 4. The van der Waals surface area contributed by atoms with Crippen LogP contribution in [0.4, 0.5) is 4.39 Å². The van der Waals surface area contributed by atoms with Crippen molar-refractivity contribution in [2.24, 2.45) is 11.8 Å². The number of alkyl halides is 1. The minimum Gasteiger partial charge on any atom is -0.300 e. The molecule has 1 fully saturated rings. The molecule has 1 aliphatic rings. The molecular weight excluding hydrogens is 319 g/mol. The van der Waals surface area contributed by atoms with E-state index in [0.29, 0.717) is 43.2 Å². The van der Waals surface area contributed by atoms with Crippen LogP contribution >= 0.6 is 0 Å². The van der Waals surface area contributed by atoms with Crippen LogP contribution in [0, 0.1) is 11.8 Å². The zero-order valence-electron chi connectivity index (χ0n) is 15.2. The summed E-state index contributed by atoms with van der Waals surface area (Å²) >= 11 is 0. The summed E-state index contributed by atoms with van der Waals surface area (Å²) in [4.78, 5) is 32.4. The van der Waals surface area contributed by atoms with Gasteiger partial charge in [0.15, 0.2) is 0 Å². The molecule has 0 amide bonds. The fourth-order valence-electron chi connectivity index (χ4n) is 3.49. The zero-order valence-corrected chi connectivity index (χ0v) is 15.2. The van der Waals surface area contributed by atoms with E-state index in [-0.39, 0.29) is 24.8 Å².